The van der Waals surface area contributed by atoms with E-state index in [1.807, 2.05) is 43.3 Å². The third-order valence-corrected chi connectivity index (χ3v) is 3.98. The number of para-hydroxylation sites is 2. The van der Waals surface area contributed by atoms with Gasteiger partial charge >= 0.3 is 0 Å². The second-order valence-corrected chi connectivity index (χ2v) is 5.60. The summed E-state index contributed by atoms with van der Waals surface area (Å²) in [5, 5.41) is 2.84. The van der Waals surface area contributed by atoms with E-state index >= 15 is 0 Å². The molecule has 2 aromatic rings. The van der Waals surface area contributed by atoms with E-state index in [1.165, 1.54) is 11.8 Å². The van der Waals surface area contributed by atoms with E-state index in [1.54, 1.807) is 13.2 Å². The standard InChI is InChI=1S/C16H18N2O2S/c1-11-7-8-12(17)15(9-11)21-10-16(19)18-13-5-3-4-6-14(13)20-2/h3-9H,10,17H2,1-2H3,(H,18,19). The number of nitrogens with one attached hydrogen (secondary N) is 1. The molecule has 110 valence electrons. The van der Waals surface area contributed by atoms with Gasteiger partial charge in [0.2, 0.25) is 5.91 Å². The predicted octanol–water partition coefficient (Wildman–Crippen LogP) is 3.32. The minimum absolute atomic E-state index is 0.0922. The van der Waals surface area contributed by atoms with Crippen molar-refractivity contribution in [2.45, 2.75) is 11.8 Å². The summed E-state index contributed by atoms with van der Waals surface area (Å²) < 4.78 is 5.20. The lowest BCUT2D eigenvalue weighted by Gasteiger charge is -2.10. The van der Waals surface area contributed by atoms with Gasteiger partial charge in [0.05, 0.1) is 18.6 Å². The lowest BCUT2D eigenvalue weighted by molar-refractivity contribution is -0.113. The van der Waals surface area contributed by atoms with Gasteiger partial charge in [0, 0.05) is 10.6 Å². The Bertz CT molecular complexity index is 644. The summed E-state index contributed by atoms with van der Waals surface area (Å²) in [4.78, 5) is 12.9. The fourth-order valence-electron chi connectivity index (χ4n) is 1.84. The van der Waals surface area contributed by atoms with Gasteiger partial charge in [-0.2, -0.15) is 0 Å². The Labute approximate surface area is 128 Å². The topological polar surface area (TPSA) is 64.3 Å². The number of nitrogen functional groups attached to an aromatic ring is 1. The van der Waals surface area contributed by atoms with Gasteiger partial charge in [-0.05, 0) is 36.8 Å². The maximum absolute atomic E-state index is 12.0. The molecule has 0 heterocycles. The number of carbonyl (C=O) groups is 1. The Morgan fingerprint density at radius 1 is 1.29 bits per heavy atom. The second-order valence-electron chi connectivity index (χ2n) is 4.58. The number of anilines is 2. The van der Waals surface area contributed by atoms with Crippen LogP contribution >= 0.6 is 11.8 Å². The number of thioether (sulfide) groups is 1. The van der Waals surface area contributed by atoms with Crippen molar-refractivity contribution in [1.82, 2.24) is 0 Å². The summed E-state index contributed by atoms with van der Waals surface area (Å²) in [5.74, 6) is 0.849. The third kappa shape index (κ3) is 4.16. The van der Waals surface area contributed by atoms with Crippen LogP contribution in [0.25, 0.3) is 0 Å². The summed E-state index contributed by atoms with van der Waals surface area (Å²) in [6.07, 6.45) is 0. The number of nitrogens with two attached hydrogens (primary N) is 1. The van der Waals surface area contributed by atoms with E-state index in [0.29, 0.717) is 22.9 Å². The molecule has 0 aliphatic heterocycles. The van der Waals surface area contributed by atoms with Gasteiger partial charge in [0.15, 0.2) is 0 Å². The average molecular weight is 302 g/mol. The molecule has 0 spiro atoms. The molecule has 3 N–H and O–H groups in total. The van der Waals surface area contributed by atoms with Crippen LogP contribution < -0.4 is 15.8 Å². The van der Waals surface area contributed by atoms with Crippen molar-refractivity contribution in [3.05, 3.63) is 48.0 Å². The van der Waals surface area contributed by atoms with Crippen LogP contribution in [0.2, 0.25) is 0 Å². The Hall–Kier alpha value is -2.14. The predicted molar refractivity (Wildman–Crippen MR) is 87.9 cm³/mol. The normalized spacial score (nSPS) is 10.2. The van der Waals surface area contributed by atoms with Crippen molar-refractivity contribution >= 4 is 29.0 Å². The molecule has 2 aromatic carbocycles. The second kappa shape index (κ2) is 7.04. The van der Waals surface area contributed by atoms with E-state index in [2.05, 4.69) is 5.32 Å². The first kappa shape index (κ1) is 15.3. The maximum atomic E-state index is 12.0. The Morgan fingerprint density at radius 2 is 2.05 bits per heavy atom. The zero-order valence-electron chi connectivity index (χ0n) is 12.1. The van der Waals surface area contributed by atoms with Gasteiger partial charge in [0.25, 0.3) is 0 Å². The molecule has 2 rings (SSSR count). The maximum Gasteiger partial charge on any atom is 0.234 e. The van der Waals surface area contributed by atoms with Crippen LogP contribution in [0.15, 0.2) is 47.4 Å². The molecule has 4 nitrogen and oxygen atoms in total. The number of hydrogen-bond acceptors (Lipinski definition) is 4. The number of aryl methyl sites for hydroxylation is 1. The molecule has 0 fully saturated rings. The van der Waals surface area contributed by atoms with E-state index in [0.717, 1.165) is 10.5 Å². The number of rotatable bonds is 5. The number of ether oxygens (including phenoxy) is 1. The zero-order valence-corrected chi connectivity index (χ0v) is 12.9. The Balaban J connectivity index is 1.97. The van der Waals surface area contributed by atoms with Gasteiger partial charge in [-0.1, -0.05) is 18.2 Å². The molecule has 0 saturated heterocycles. The molecule has 5 heteroatoms. The van der Waals surface area contributed by atoms with E-state index in [-0.39, 0.29) is 5.91 Å². The zero-order chi connectivity index (χ0) is 15.2. The van der Waals surface area contributed by atoms with Crippen molar-refractivity contribution in [2.75, 3.05) is 23.9 Å². The highest BCUT2D eigenvalue weighted by Gasteiger charge is 2.08. The van der Waals surface area contributed by atoms with Crippen molar-refractivity contribution in [1.29, 1.82) is 0 Å². The van der Waals surface area contributed by atoms with Crippen molar-refractivity contribution < 1.29 is 9.53 Å². The molecule has 0 radical (unpaired) electrons. The number of carbonyl (C=O) groups excluding carboxylic acids is 1. The molecule has 0 aliphatic carbocycles. The summed E-state index contributed by atoms with van der Waals surface area (Å²) in [7, 11) is 1.58. The van der Waals surface area contributed by atoms with Crippen LogP contribution in [0.4, 0.5) is 11.4 Å². The number of hydrogen-bond donors (Lipinski definition) is 2. The van der Waals surface area contributed by atoms with E-state index in [4.69, 9.17) is 10.5 Å². The highest BCUT2D eigenvalue weighted by Crippen LogP contribution is 2.27. The SMILES string of the molecule is COc1ccccc1NC(=O)CSc1cc(C)ccc1N. The minimum Gasteiger partial charge on any atom is -0.495 e. The number of amides is 1. The molecular formula is C16H18N2O2S. The van der Waals surface area contributed by atoms with Gasteiger partial charge in [0.1, 0.15) is 5.75 Å². The van der Waals surface area contributed by atoms with Gasteiger partial charge < -0.3 is 15.8 Å². The van der Waals surface area contributed by atoms with Gasteiger partial charge in [-0.25, -0.2) is 0 Å². The van der Waals surface area contributed by atoms with Crippen LogP contribution in [0, 0.1) is 6.92 Å². The van der Waals surface area contributed by atoms with Crippen molar-refractivity contribution in [2.24, 2.45) is 0 Å². The van der Waals surface area contributed by atoms with Crippen LogP contribution in [0.3, 0.4) is 0 Å². The molecule has 0 atom stereocenters. The smallest absolute Gasteiger partial charge is 0.234 e. The molecule has 1 amide bonds. The quantitative estimate of drug-likeness (QED) is 0.657. The molecule has 0 unspecified atom stereocenters. The van der Waals surface area contributed by atoms with Gasteiger partial charge in [-0.3, -0.25) is 4.79 Å². The van der Waals surface area contributed by atoms with E-state index in [9.17, 15) is 4.79 Å². The summed E-state index contributed by atoms with van der Waals surface area (Å²) in [5.41, 5.74) is 8.38. The van der Waals surface area contributed by atoms with E-state index < -0.39 is 0 Å². The Kier molecular flexibility index (Phi) is 5.11. The summed E-state index contributed by atoms with van der Waals surface area (Å²) in [6, 6.07) is 13.1. The van der Waals surface area contributed by atoms with Crippen LogP contribution in [0.1, 0.15) is 5.56 Å². The van der Waals surface area contributed by atoms with Crippen LogP contribution in [-0.4, -0.2) is 18.8 Å². The van der Waals surface area contributed by atoms with Gasteiger partial charge in [-0.15, -0.1) is 11.8 Å². The summed E-state index contributed by atoms with van der Waals surface area (Å²) in [6.45, 7) is 2.00. The Morgan fingerprint density at radius 3 is 2.81 bits per heavy atom. The van der Waals surface area contributed by atoms with Crippen molar-refractivity contribution in [3.8, 4) is 5.75 Å². The fraction of sp³-hybridized carbons (Fsp3) is 0.188. The average Bonchev–Trinajstić information content (AvgIpc) is 2.49. The monoisotopic (exact) mass is 302 g/mol. The minimum atomic E-state index is -0.0922. The number of methoxy groups -OCH3 is 1. The lowest BCUT2D eigenvalue weighted by atomic mass is 10.2. The molecule has 0 aromatic heterocycles. The van der Waals surface area contributed by atoms with Crippen LogP contribution in [-0.2, 0) is 4.79 Å². The summed E-state index contributed by atoms with van der Waals surface area (Å²) >= 11 is 1.42. The fourth-order valence-corrected chi connectivity index (χ4v) is 2.71. The lowest BCUT2D eigenvalue weighted by Crippen LogP contribution is -2.14. The first-order valence-electron chi connectivity index (χ1n) is 6.52. The molecule has 0 aliphatic rings. The highest BCUT2D eigenvalue weighted by atomic mass is 32.2. The number of benzene rings is 2. The third-order valence-electron chi connectivity index (χ3n) is 2.91. The molecule has 21 heavy (non-hydrogen) atoms. The molecule has 0 saturated carbocycles. The largest absolute Gasteiger partial charge is 0.495 e. The van der Waals surface area contributed by atoms with Crippen molar-refractivity contribution in [3.63, 3.8) is 0 Å². The molecule has 0 bridgehead atoms. The first-order chi connectivity index (χ1) is 10.1. The van der Waals surface area contributed by atoms with Crippen LogP contribution in [0.5, 0.6) is 5.75 Å². The first-order valence-corrected chi connectivity index (χ1v) is 7.50. The molecular weight excluding hydrogens is 284 g/mol. The highest BCUT2D eigenvalue weighted by molar-refractivity contribution is 8.00.